The average Bonchev–Trinajstić information content (AvgIpc) is 3.26. The van der Waals surface area contributed by atoms with Crippen molar-refractivity contribution in [1.29, 1.82) is 0 Å². The summed E-state index contributed by atoms with van der Waals surface area (Å²) in [5.74, 6) is -0.215. The number of nitrogens with two attached hydrogens (primary N) is 2. The lowest BCUT2D eigenvalue weighted by Crippen LogP contribution is -2.42. The molecule has 1 aliphatic rings. The number of ether oxygens (including phenoxy) is 1. The van der Waals surface area contributed by atoms with E-state index in [0.717, 1.165) is 11.0 Å². The highest BCUT2D eigenvalue weighted by atomic mass is 32.1. The van der Waals surface area contributed by atoms with Crippen molar-refractivity contribution in [2.24, 2.45) is 11.5 Å². The number of hydrogen-bond donors (Lipinski definition) is 3. The molecule has 2 heterocycles. The van der Waals surface area contributed by atoms with E-state index in [-0.39, 0.29) is 37.0 Å². The minimum Gasteiger partial charge on any atom is -0.490 e. The van der Waals surface area contributed by atoms with Gasteiger partial charge in [-0.05, 0) is 50.1 Å². The Morgan fingerprint density at radius 1 is 1.16 bits per heavy atom. The number of hydrogen-bond acceptors (Lipinski definition) is 7. The minimum atomic E-state index is -4.69. The van der Waals surface area contributed by atoms with Crippen molar-refractivity contribution in [2.75, 3.05) is 26.2 Å². The lowest BCUT2D eigenvalue weighted by Gasteiger charge is -2.32. The van der Waals surface area contributed by atoms with E-state index in [4.69, 9.17) is 16.2 Å². The standard InChI is InChI=1S/C24H27F6N5O2S/c1-14-11-34-22(38-14)16-8-15(21(36)33-12-17(31)2-3-20(32)24(28,29)30)9-19(10-16)37-18-4-6-35(7-5-18)13-23(25,26)27/h2-3,8-11,18H,4-7,12-13,31-32H2,1H3,(H,33,36)/b17-2-,20-3-. The summed E-state index contributed by atoms with van der Waals surface area (Å²) in [5.41, 5.74) is 10.0. The van der Waals surface area contributed by atoms with Crippen LogP contribution in [0.15, 0.2) is 47.9 Å². The maximum Gasteiger partial charge on any atom is 0.430 e. The van der Waals surface area contributed by atoms with Gasteiger partial charge in [-0.1, -0.05) is 0 Å². The van der Waals surface area contributed by atoms with Crippen LogP contribution in [0.25, 0.3) is 10.6 Å². The van der Waals surface area contributed by atoms with E-state index >= 15 is 0 Å². The second-order valence-corrected chi connectivity index (χ2v) is 10.0. The second-order valence-electron chi connectivity index (χ2n) is 8.77. The van der Waals surface area contributed by atoms with Gasteiger partial charge in [0.1, 0.15) is 22.6 Å². The average molecular weight is 564 g/mol. The molecule has 0 atom stereocenters. The molecule has 0 saturated carbocycles. The van der Waals surface area contributed by atoms with E-state index in [1.807, 2.05) is 6.92 Å². The Morgan fingerprint density at radius 2 is 1.84 bits per heavy atom. The fourth-order valence-electron chi connectivity index (χ4n) is 3.68. The summed E-state index contributed by atoms with van der Waals surface area (Å²) in [6, 6.07) is 4.78. The first kappa shape index (κ1) is 29.3. The lowest BCUT2D eigenvalue weighted by atomic mass is 10.1. The van der Waals surface area contributed by atoms with E-state index in [0.29, 0.717) is 35.2 Å². The van der Waals surface area contributed by atoms with Gasteiger partial charge in [0.15, 0.2) is 0 Å². The van der Waals surface area contributed by atoms with Crippen molar-refractivity contribution >= 4 is 17.2 Å². The summed E-state index contributed by atoms with van der Waals surface area (Å²) in [6.45, 7) is 1.11. The van der Waals surface area contributed by atoms with Gasteiger partial charge in [0, 0.05) is 41.0 Å². The fourth-order valence-corrected chi connectivity index (χ4v) is 4.43. The molecule has 1 saturated heterocycles. The number of aryl methyl sites for hydroxylation is 1. The van der Waals surface area contributed by atoms with Gasteiger partial charge in [0.05, 0.1) is 13.1 Å². The third-order valence-electron chi connectivity index (χ3n) is 5.53. The molecule has 1 aliphatic heterocycles. The highest BCUT2D eigenvalue weighted by Gasteiger charge is 2.33. The van der Waals surface area contributed by atoms with Crippen LogP contribution < -0.4 is 21.5 Å². The first-order valence-corrected chi connectivity index (χ1v) is 12.3. The zero-order chi connectivity index (χ0) is 28.1. The predicted molar refractivity (Wildman–Crippen MR) is 131 cm³/mol. The summed E-state index contributed by atoms with van der Waals surface area (Å²) >= 11 is 1.40. The highest BCUT2D eigenvalue weighted by Crippen LogP contribution is 2.31. The topological polar surface area (TPSA) is 106 Å². The number of thiazole rings is 1. The second kappa shape index (κ2) is 12.1. The number of piperidine rings is 1. The molecular weight excluding hydrogens is 536 g/mol. The van der Waals surface area contributed by atoms with E-state index in [9.17, 15) is 31.1 Å². The molecule has 3 rings (SSSR count). The molecule has 0 spiro atoms. The molecule has 14 heteroatoms. The molecule has 1 aromatic carbocycles. The third kappa shape index (κ3) is 8.94. The number of benzene rings is 1. The fraction of sp³-hybridized carbons (Fsp3) is 0.417. The maximum atomic E-state index is 12.9. The Morgan fingerprint density at radius 3 is 2.42 bits per heavy atom. The van der Waals surface area contributed by atoms with Crippen LogP contribution >= 0.6 is 11.3 Å². The van der Waals surface area contributed by atoms with E-state index < -0.39 is 30.5 Å². The van der Waals surface area contributed by atoms with E-state index in [1.54, 1.807) is 18.3 Å². The van der Waals surface area contributed by atoms with Gasteiger partial charge in [-0.15, -0.1) is 11.3 Å². The van der Waals surface area contributed by atoms with Crippen molar-refractivity contribution in [3.63, 3.8) is 0 Å². The third-order valence-corrected chi connectivity index (χ3v) is 6.50. The SMILES string of the molecule is Cc1cnc(-c2cc(OC3CCN(CC(F)(F)F)CC3)cc(C(=O)NC/C(N)=C/C=C(\N)C(F)(F)F)c2)s1. The lowest BCUT2D eigenvalue weighted by molar-refractivity contribution is -0.149. The molecule has 0 aliphatic carbocycles. The molecule has 208 valence electrons. The van der Waals surface area contributed by atoms with E-state index in [2.05, 4.69) is 10.3 Å². The van der Waals surface area contributed by atoms with Crippen LogP contribution in [0.5, 0.6) is 5.75 Å². The molecule has 38 heavy (non-hydrogen) atoms. The van der Waals surface area contributed by atoms with Crippen LogP contribution in [0, 0.1) is 6.92 Å². The predicted octanol–water partition coefficient (Wildman–Crippen LogP) is 4.50. The van der Waals surface area contributed by atoms with Gasteiger partial charge in [0.25, 0.3) is 5.91 Å². The van der Waals surface area contributed by atoms with Crippen LogP contribution in [0.2, 0.25) is 0 Å². The van der Waals surface area contributed by atoms with Crippen molar-refractivity contribution in [3.8, 4) is 16.3 Å². The molecular formula is C24H27F6N5O2S. The molecule has 0 unspecified atom stereocenters. The quantitative estimate of drug-likeness (QED) is 0.323. The number of likely N-dealkylation sites (tertiary alicyclic amines) is 1. The van der Waals surface area contributed by atoms with Gasteiger partial charge in [-0.2, -0.15) is 26.3 Å². The van der Waals surface area contributed by atoms with Crippen LogP contribution in [0.1, 0.15) is 28.1 Å². The summed E-state index contributed by atoms with van der Waals surface area (Å²) in [4.78, 5) is 19.5. The maximum absolute atomic E-state index is 12.9. The van der Waals surface area contributed by atoms with Crippen LogP contribution in [-0.4, -0.2) is 60.4 Å². The van der Waals surface area contributed by atoms with Crippen LogP contribution in [-0.2, 0) is 0 Å². The minimum absolute atomic E-state index is 0.0562. The number of nitrogens with zero attached hydrogens (tertiary/aromatic N) is 2. The molecule has 0 radical (unpaired) electrons. The molecule has 1 aromatic heterocycles. The van der Waals surface area contributed by atoms with Gasteiger partial charge in [-0.25, -0.2) is 4.98 Å². The number of allylic oxidation sites excluding steroid dienone is 3. The number of carbonyl (C=O) groups excluding carboxylic acids is 1. The zero-order valence-electron chi connectivity index (χ0n) is 20.3. The summed E-state index contributed by atoms with van der Waals surface area (Å²) < 4.78 is 81.6. The molecule has 2 aromatic rings. The number of halogens is 6. The Kier molecular flexibility index (Phi) is 9.31. The summed E-state index contributed by atoms with van der Waals surface area (Å²) in [6.07, 6.45) is -5.29. The Labute approximate surface area is 219 Å². The highest BCUT2D eigenvalue weighted by molar-refractivity contribution is 7.14. The Hall–Kier alpha value is -3.26. The van der Waals surface area contributed by atoms with Crippen LogP contribution in [0.4, 0.5) is 26.3 Å². The van der Waals surface area contributed by atoms with Crippen LogP contribution in [0.3, 0.4) is 0 Å². The molecule has 5 N–H and O–H groups in total. The zero-order valence-corrected chi connectivity index (χ0v) is 21.1. The molecule has 1 fully saturated rings. The molecule has 1 amide bonds. The molecule has 7 nitrogen and oxygen atoms in total. The summed E-state index contributed by atoms with van der Waals surface area (Å²) in [7, 11) is 0. The first-order chi connectivity index (χ1) is 17.7. The Balaban J connectivity index is 1.73. The number of carbonyl (C=O) groups is 1. The van der Waals surface area contributed by atoms with Gasteiger partial charge in [-0.3, -0.25) is 9.69 Å². The van der Waals surface area contributed by atoms with Gasteiger partial charge >= 0.3 is 12.4 Å². The number of aromatic nitrogens is 1. The number of rotatable bonds is 8. The van der Waals surface area contributed by atoms with Crippen molar-refractivity contribution in [1.82, 2.24) is 15.2 Å². The summed E-state index contributed by atoms with van der Waals surface area (Å²) in [5, 5.41) is 3.17. The smallest absolute Gasteiger partial charge is 0.430 e. The number of nitrogens with one attached hydrogen (secondary N) is 1. The van der Waals surface area contributed by atoms with Gasteiger partial charge < -0.3 is 21.5 Å². The monoisotopic (exact) mass is 563 g/mol. The van der Waals surface area contributed by atoms with Crippen molar-refractivity contribution in [3.05, 3.63) is 58.4 Å². The van der Waals surface area contributed by atoms with E-state index in [1.165, 1.54) is 22.3 Å². The van der Waals surface area contributed by atoms with Crippen molar-refractivity contribution in [2.45, 2.75) is 38.2 Å². The largest absolute Gasteiger partial charge is 0.490 e. The number of amides is 1. The van der Waals surface area contributed by atoms with Gasteiger partial charge in [0.2, 0.25) is 0 Å². The molecule has 0 bridgehead atoms. The first-order valence-electron chi connectivity index (χ1n) is 11.5. The number of alkyl halides is 6. The Bertz CT molecular complexity index is 1180. The van der Waals surface area contributed by atoms with Crippen molar-refractivity contribution < 1.29 is 35.9 Å². The normalized spacial score (nSPS) is 16.5.